The summed E-state index contributed by atoms with van der Waals surface area (Å²) in [5.74, 6) is -0.716. The Hall–Kier alpha value is -2.25. The number of sulfonamides is 1. The maximum Gasteiger partial charge on any atom is 0.245 e. The van der Waals surface area contributed by atoms with Gasteiger partial charge in [0.1, 0.15) is 10.7 Å². The predicted octanol–water partition coefficient (Wildman–Crippen LogP) is 4.40. The van der Waals surface area contributed by atoms with Crippen LogP contribution in [0.5, 0.6) is 0 Å². The first-order valence-corrected chi connectivity index (χ1v) is 10.9. The summed E-state index contributed by atoms with van der Waals surface area (Å²) in [6, 6.07) is 10.7. The number of rotatable bonds is 4. The predicted molar refractivity (Wildman–Crippen MR) is 107 cm³/mol. The van der Waals surface area contributed by atoms with Crippen molar-refractivity contribution in [2.75, 3.05) is 11.9 Å². The molecular formula is C21H25FN2O3S. The molecule has 3 rings (SSSR count). The van der Waals surface area contributed by atoms with Crippen LogP contribution in [0.2, 0.25) is 0 Å². The van der Waals surface area contributed by atoms with E-state index in [2.05, 4.69) is 5.32 Å². The third-order valence-corrected chi connectivity index (χ3v) is 6.92. The molecule has 0 radical (unpaired) electrons. The number of amides is 1. The molecule has 1 amide bonds. The fraction of sp³-hybridized carbons (Fsp3) is 0.381. The van der Waals surface area contributed by atoms with Gasteiger partial charge in [0, 0.05) is 13.5 Å². The molecule has 2 aromatic carbocycles. The highest BCUT2D eigenvalue weighted by Gasteiger charge is 2.35. The molecule has 1 unspecified atom stereocenters. The molecule has 1 fully saturated rings. The number of halogens is 1. The van der Waals surface area contributed by atoms with Crippen LogP contribution in [0.15, 0.2) is 47.4 Å². The zero-order valence-corrected chi connectivity index (χ0v) is 16.9. The summed E-state index contributed by atoms with van der Waals surface area (Å²) in [6.07, 6.45) is 3.17. The van der Waals surface area contributed by atoms with Crippen molar-refractivity contribution in [2.45, 2.75) is 50.5 Å². The van der Waals surface area contributed by atoms with Crippen LogP contribution in [0, 0.1) is 12.7 Å². The number of hydrogen-bond acceptors (Lipinski definition) is 3. The number of nitrogens with zero attached hydrogens (tertiary/aromatic N) is 1. The first-order chi connectivity index (χ1) is 13.3. The molecule has 0 saturated carbocycles. The first kappa shape index (κ1) is 20.5. The monoisotopic (exact) mass is 404 g/mol. The minimum Gasteiger partial charge on any atom is -0.325 e. The maximum absolute atomic E-state index is 13.8. The molecule has 28 heavy (non-hydrogen) atoms. The molecule has 1 heterocycles. The van der Waals surface area contributed by atoms with Crippen molar-refractivity contribution in [2.24, 2.45) is 0 Å². The van der Waals surface area contributed by atoms with Crippen LogP contribution in [0.1, 0.15) is 49.8 Å². The number of carbonyl (C=O) groups is 1. The smallest absolute Gasteiger partial charge is 0.245 e. The Bertz CT molecular complexity index is 975. The van der Waals surface area contributed by atoms with Crippen molar-refractivity contribution >= 4 is 21.6 Å². The van der Waals surface area contributed by atoms with Crippen molar-refractivity contribution in [3.8, 4) is 0 Å². The number of benzene rings is 2. The Morgan fingerprint density at radius 2 is 1.93 bits per heavy atom. The van der Waals surface area contributed by atoms with Crippen LogP contribution in [-0.2, 0) is 14.8 Å². The zero-order valence-electron chi connectivity index (χ0n) is 16.1. The van der Waals surface area contributed by atoms with Gasteiger partial charge in [0.05, 0.1) is 11.7 Å². The van der Waals surface area contributed by atoms with E-state index in [0.29, 0.717) is 18.5 Å². The van der Waals surface area contributed by atoms with Gasteiger partial charge in [0.25, 0.3) is 0 Å². The van der Waals surface area contributed by atoms with Crippen LogP contribution in [-0.4, -0.2) is 25.2 Å². The van der Waals surface area contributed by atoms with E-state index in [1.165, 1.54) is 23.4 Å². The molecule has 1 saturated heterocycles. The van der Waals surface area contributed by atoms with Crippen molar-refractivity contribution in [1.29, 1.82) is 0 Å². The molecule has 1 N–H and O–H groups in total. The van der Waals surface area contributed by atoms with Crippen LogP contribution < -0.4 is 5.32 Å². The summed E-state index contributed by atoms with van der Waals surface area (Å²) >= 11 is 0. The van der Waals surface area contributed by atoms with E-state index in [4.69, 9.17) is 0 Å². The molecule has 1 aliphatic heterocycles. The number of aryl methyl sites for hydroxylation is 1. The first-order valence-electron chi connectivity index (χ1n) is 9.44. The number of nitrogens with one attached hydrogen (secondary N) is 1. The number of hydrogen-bond donors (Lipinski definition) is 1. The Kier molecular flexibility index (Phi) is 6.15. The van der Waals surface area contributed by atoms with E-state index < -0.39 is 16.1 Å². The minimum absolute atomic E-state index is 0.0750. The highest BCUT2D eigenvalue weighted by atomic mass is 32.2. The SMILES string of the molecule is CC(=O)Nc1ccc(C)cc1S(=O)(=O)N1CCCCCC1c1cccc(F)c1. The van der Waals surface area contributed by atoms with E-state index in [9.17, 15) is 17.6 Å². The van der Waals surface area contributed by atoms with Gasteiger partial charge in [-0.3, -0.25) is 4.79 Å². The molecule has 1 aliphatic rings. The van der Waals surface area contributed by atoms with E-state index in [-0.39, 0.29) is 22.3 Å². The molecule has 0 bridgehead atoms. The lowest BCUT2D eigenvalue weighted by molar-refractivity contribution is -0.114. The second-order valence-corrected chi connectivity index (χ2v) is 9.08. The van der Waals surface area contributed by atoms with Gasteiger partial charge in [-0.2, -0.15) is 4.31 Å². The fourth-order valence-corrected chi connectivity index (χ4v) is 5.59. The van der Waals surface area contributed by atoms with Crippen LogP contribution in [0.25, 0.3) is 0 Å². The molecular weight excluding hydrogens is 379 g/mol. The van der Waals surface area contributed by atoms with Crippen molar-refractivity contribution in [1.82, 2.24) is 4.31 Å². The van der Waals surface area contributed by atoms with E-state index in [1.54, 1.807) is 30.3 Å². The Balaban J connectivity index is 2.10. The molecule has 150 valence electrons. The summed E-state index contributed by atoms with van der Waals surface area (Å²) in [6.45, 7) is 3.51. The number of anilines is 1. The average molecular weight is 405 g/mol. The van der Waals surface area contributed by atoms with Crippen molar-refractivity contribution < 1.29 is 17.6 Å². The Morgan fingerprint density at radius 3 is 2.64 bits per heavy atom. The van der Waals surface area contributed by atoms with Gasteiger partial charge >= 0.3 is 0 Å². The van der Waals surface area contributed by atoms with Crippen LogP contribution in [0.3, 0.4) is 0 Å². The largest absolute Gasteiger partial charge is 0.325 e. The fourth-order valence-electron chi connectivity index (χ4n) is 3.68. The lowest BCUT2D eigenvalue weighted by atomic mass is 10.0. The van der Waals surface area contributed by atoms with E-state index >= 15 is 0 Å². The summed E-state index contributed by atoms with van der Waals surface area (Å²) in [5, 5.41) is 2.62. The Morgan fingerprint density at radius 1 is 1.14 bits per heavy atom. The standard InChI is InChI=1S/C21H25FN2O3S/c1-15-10-11-19(23-16(2)25)21(13-15)28(26,27)24-12-5-3-4-9-20(24)17-7-6-8-18(22)14-17/h6-8,10-11,13-14,20H,3-5,9,12H2,1-2H3,(H,23,25). The summed E-state index contributed by atoms with van der Waals surface area (Å²) in [7, 11) is -3.90. The van der Waals surface area contributed by atoms with E-state index in [1.807, 2.05) is 6.92 Å². The third kappa shape index (κ3) is 4.42. The third-order valence-electron chi connectivity index (χ3n) is 4.97. The summed E-state index contributed by atoms with van der Waals surface area (Å²) in [5.41, 5.74) is 1.70. The normalized spacial score (nSPS) is 18.5. The topological polar surface area (TPSA) is 66.5 Å². The van der Waals surface area contributed by atoms with Gasteiger partial charge < -0.3 is 5.32 Å². The van der Waals surface area contributed by atoms with E-state index in [0.717, 1.165) is 24.8 Å². The lowest BCUT2D eigenvalue weighted by Gasteiger charge is -2.30. The zero-order chi connectivity index (χ0) is 20.3. The second kappa shape index (κ2) is 8.41. The highest BCUT2D eigenvalue weighted by Crippen LogP contribution is 2.37. The molecule has 5 nitrogen and oxygen atoms in total. The van der Waals surface area contributed by atoms with Crippen molar-refractivity contribution in [3.05, 3.63) is 59.4 Å². The lowest BCUT2D eigenvalue weighted by Crippen LogP contribution is -2.35. The van der Waals surface area contributed by atoms with Gasteiger partial charge in [-0.25, -0.2) is 12.8 Å². The molecule has 0 spiro atoms. The molecule has 0 aromatic heterocycles. The maximum atomic E-state index is 13.8. The van der Waals surface area contributed by atoms with Gasteiger partial charge in [-0.05, 0) is 55.2 Å². The molecule has 2 aromatic rings. The molecule has 0 aliphatic carbocycles. The Labute approximate surface area is 165 Å². The van der Waals surface area contributed by atoms with Gasteiger partial charge in [0.15, 0.2) is 0 Å². The quantitative estimate of drug-likeness (QED) is 0.821. The highest BCUT2D eigenvalue weighted by molar-refractivity contribution is 7.89. The van der Waals surface area contributed by atoms with Crippen LogP contribution >= 0.6 is 0 Å². The number of carbonyl (C=O) groups excluding carboxylic acids is 1. The summed E-state index contributed by atoms with van der Waals surface area (Å²) < 4.78 is 42.6. The van der Waals surface area contributed by atoms with Crippen LogP contribution in [0.4, 0.5) is 10.1 Å². The molecule has 7 heteroatoms. The molecule has 1 atom stereocenters. The van der Waals surface area contributed by atoms with Gasteiger partial charge in [0.2, 0.25) is 15.9 Å². The summed E-state index contributed by atoms with van der Waals surface area (Å²) in [4.78, 5) is 11.6. The average Bonchev–Trinajstić information content (AvgIpc) is 2.89. The van der Waals surface area contributed by atoms with Gasteiger partial charge in [-0.1, -0.05) is 31.0 Å². The van der Waals surface area contributed by atoms with Crippen molar-refractivity contribution in [3.63, 3.8) is 0 Å². The minimum atomic E-state index is -3.90. The second-order valence-electron chi connectivity index (χ2n) is 7.22. The van der Waals surface area contributed by atoms with Gasteiger partial charge in [-0.15, -0.1) is 0 Å².